The molecule has 19 heavy (non-hydrogen) atoms. The van der Waals surface area contributed by atoms with Gasteiger partial charge in [0.25, 0.3) is 0 Å². The number of hydrogen-bond acceptors (Lipinski definition) is 4. The van der Waals surface area contributed by atoms with E-state index in [9.17, 15) is 0 Å². The van der Waals surface area contributed by atoms with Gasteiger partial charge in [0.05, 0.1) is 17.0 Å². The summed E-state index contributed by atoms with van der Waals surface area (Å²) in [6, 6.07) is 0. The van der Waals surface area contributed by atoms with E-state index in [1.165, 1.54) is 17.8 Å². The Hall–Kier alpha value is -0.910. The molecular weight excluding hydrogens is 258 g/mol. The van der Waals surface area contributed by atoms with Crippen molar-refractivity contribution < 1.29 is 4.74 Å². The molecule has 2 aromatic heterocycles. The Balaban J connectivity index is 1.71. The van der Waals surface area contributed by atoms with Gasteiger partial charge in [0.1, 0.15) is 0 Å². The molecule has 0 bridgehead atoms. The van der Waals surface area contributed by atoms with E-state index in [0.29, 0.717) is 0 Å². The van der Waals surface area contributed by atoms with Gasteiger partial charge in [0, 0.05) is 30.8 Å². The number of ether oxygens (including phenoxy) is 1. The maximum atomic E-state index is 5.80. The Bertz CT molecular complexity index is 581. The van der Waals surface area contributed by atoms with Crippen molar-refractivity contribution in [3.63, 3.8) is 0 Å². The van der Waals surface area contributed by atoms with E-state index in [1.807, 2.05) is 0 Å². The average molecular weight is 279 g/mol. The summed E-state index contributed by atoms with van der Waals surface area (Å²) in [6.45, 7) is 9.07. The Kier molecular flexibility index (Phi) is 3.37. The van der Waals surface area contributed by atoms with Gasteiger partial charge in [-0.1, -0.05) is 0 Å². The molecule has 0 radical (unpaired) electrons. The Morgan fingerprint density at radius 2 is 2.37 bits per heavy atom. The predicted molar refractivity (Wildman–Crippen MR) is 77.8 cm³/mol. The molecule has 1 aliphatic rings. The third-order valence-electron chi connectivity index (χ3n) is 3.92. The zero-order valence-electron chi connectivity index (χ0n) is 11.8. The number of fused-ring (bicyclic) bond motifs is 1. The molecule has 1 atom stereocenters. The molecule has 1 fully saturated rings. The summed E-state index contributed by atoms with van der Waals surface area (Å²) < 4.78 is 8.06. The summed E-state index contributed by atoms with van der Waals surface area (Å²) in [5, 5.41) is 5.70. The first-order valence-corrected chi connectivity index (χ1v) is 7.74. The van der Waals surface area contributed by atoms with Gasteiger partial charge in [0.2, 0.25) is 0 Å². The van der Waals surface area contributed by atoms with E-state index in [4.69, 9.17) is 4.74 Å². The van der Waals surface area contributed by atoms with Crippen molar-refractivity contribution in [2.24, 2.45) is 0 Å². The highest BCUT2D eigenvalue weighted by Crippen LogP contribution is 2.24. The number of aryl methyl sites for hydroxylation is 2. The molecule has 104 valence electrons. The van der Waals surface area contributed by atoms with Crippen LogP contribution in [-0.4, -0.2) is 28.1 Å². The Morgan fingerprint density at radius 3 is 3.11 bits per heavy atom. The van der Waals surface area contributed by atoms with Crippen molar-refractivity contribution in [2.75, 3.05) is 13.2 Å². The molecule has 3 heterocycles. The third kappa shape index (κ3) is 2.42. The van der Waals surface area contributed by atoms with Crippen molar-refractivity contribution in [1.82, 2.24) is 14.7 Å². The summed E-state index contributed by atoms with van der Waals surface area (Å²) in [5.41, 5.74) is 3.68. The van der Waals surface area contributed by atoms with Crippen molar-refractivity contribution in [2.45, 2.75) is 45.8 Å². The van der Waals surface area contributed by atoms with Crippen molar-refractivity contribution in [3.05, 3.63) is 22.5 Å². The van der Waals surface area contributed by atoms with Gasteiger partial charge < -0.3 is 10.1 Å². The topological polar surface area (TPSA) is 38.6 Å². The molecule has 1 N–H and O–H groups in total. The highest BCUT2D eigenvalue weighted by Gasteiger charge is 2.29. The molecule has 4 nitrogen and oxygen atoms in total. The molecule has 1 saturated heterocycles. The van der Waals surface area contributed by atoms with Crippen molar-refractivity contribution >= 4 is 16.3 Å². The van der Waals surface area contributed by atoms with E-state index in [-0.39, 0.29) is 5.60 Å². The van der Waals surface area contributed by atoms with Crippen LogP contribution in [0.2, 0.25) is 0 Å². The molecule has 0 amide bonds. The van der Waals surface area contributed by atoms with Gasteiger partial charge in [-0.2, -0.15) is 0 Å². The number of hydrogen-bond donors (Lipinski definition) is 1. The summed E-state index contributed by atoms with van der Waals surface area (Å²) in [7, 11) is 0. The Morgan fingerprint density at radius 1 is 1.53 bits per heavy atom. The van der Waals surface area contributed by atoms with Crippen LogP contribution in [0.25, 0.3) is 4.96 Å². The lowest BCUT2D eigenvalue weighted by molar-refractivity contribution is 0.0206. The lowest BCUT2D eigenvalue weighted by atomic mass is 10.0. The minimum absolute atomic E-state index is 0.0153. The zero-order chi connectivity index (χ0) is 13.5. The van der Waals surface area contributed by atoms with Crippen LogP contribution in [0.3, 0.4) is 0 Å². The second kappa shape index (κ2) is 4.89. The van der Waals surface area contributed by atoms with E-state index < -0.39 is 0 Å². The summed E-state index contributed by atoms with van der Waals surface area (Å²) in [6.07, 6.45) is 2.33. The quantitative estimate of drug-likeness (QED) is 0.935. The number of nitrogens with zero attached hydrogens (tertiary/aromatic N) is 2. The van der Waals surface area contributed by atoms with Crippen LogP contribution in [-0.2, 0) is 11.3 Å². The monoisotopic (exact) mass is 279 g/mol. The molecule has 1 aliphatic heterocycles. The third-order valence-corrected chi connectivity index (χ3v) is 4.87. The molecule has 0 spiro atoms. The smallest absolute Gasteiger partial charge is 0.194 e. The average Bonchev–Trinajstić information content (AvgIpc) is 3.01. The fourth-order valence-corrected chi connectivity index (χ4v) is 3.73. The number of thiazole rings is 1. The van der Waals surface area contributed by atoms with Crippen LogP contribution >= 0.6 is 11.3 Å². The molecule has 0 saturated carbocycles. The van der Waals surface area contributed by atoms with Gasteiger partial charge in [-0.25, -0.2) is 4.98 Å². The van der Waals surface area contributed by atoms with Crippen LogP contribution in [0.4, 0.5) is 0 Å². The summed E-state index contributed by atoms with van der Waals surface area (Å²) in [4.78, 5) is 5.70. The van der Waals surface area contributed by atoms with Crippen molar-refractivity contribution in [1.29, 1.82) is 0 Å². The number of rotatable bonds is 4. The molecular formula is C14H21N3OS. The minimum Gasteiger partial charge on any atom is -0.374 e. The molecule has 1 unspecified atom stereocenters. The van der Waals surface area contributed by atoms with Crippen LogP contribution in [0, 0.1) is 13.8 Å². The van der Waals surface area contributed by atoms with E-state index in [2.05, 4.69) is 40.9 Å². The largest absolute Gasteiger partial charge is 0.374 e. The predicted octanol–water partition coefficient (Wildman–Crippen LogP) is 2.67. The van der Waals surface area contributed by atoms with Crippen LogP contribution in [0.5, 0.6) is 0 Å². The highest BCUT2D eigenvalue weighted by atomic mass is 32.1. The SMILES string of the molecule is Cc1nc2scc(C)n2c1CNCC1(C)CCCO1. The summed E-state index contributed by atoms with van der Waals surface area (Å²) >= 11 is 1.71. The van der Waals surface area contributed by atoms with E-state index >= 15 is 0 Å². The zero-order valence-corrected chi connectivity index (χ0v) is 12.6. The van der Waals surface area contributed by atoms with Gasteiger partial charge in [-0.05, 0) is 33.6 Å². The lowest BCUT2D eigenvalue weighted by Gasteiger charge is -2.23. The van der Waals surface area contributed by atoms with Crippen LogP contribution in [0.15, 0.2) is 5.38 Å². The first-order valence-electron chi connectivity index (χ1n) is 6.86. The first-order chi connectivity index (χ1) is 9.09. The second-order valence-electron chi connectivity index (χ2n) is 5.64. The number of imidazole rings is 1. The maximum Gasteiger partial charge on any atom is 0.194 e. The summed E-state index contributed by atoms with van der Waals surface area (Å²) in [5.74, 6) is 0. The molecule has 5 heteroatoms. The number of aromatic nitrogens is 2. The second-order valence-corrected chi connectivity index (χ2v) is 6.48. The lowest BCUT2D eigenvalue weighted by Crippen LogP contribution is -2.37. The fourth-order valence-electron chi connectivity index (χ4n) is 2.80. The highest BCUT2D eigenvalue weighted by molar-refractivity contribution is 7.15. The van der Waals surface area contributed by atoms with Gasteiger partial charge in [-0.15, -0.1) is 11.3 Å². The fraction of sp³-hybridized carbons (Fsp3) is 0.643. The van der Waals surface area contributed by atoms with Gasteiger partial charge >= 0.3 is 0 Å². The van der Waals surface area contributed by atoms with Gasteiger partial charge in [-0.3, -0.25) is 4.40 Å². The first kappa shape index (κ1) is 13.1. The maximum absolute atomic E-state index is 5.80. The molecule has 0 aromatic carbocycles. The van der Waals surface area contributed by atoms with Crippen LogP contribution in [0.1, 0.15) is 36.8 Å². The van der Waals surface area contributed by atoms with Gasteiger partial charge in [0.15, 0.2) is 4.96 Å². The van der Waals surface area contributed by atoms with E-state index in [0.717, 1.165) is 36.8 Å². The molecule has 3 rings (SSSR count). The molecule has 2 aromatic rings. The van der Waals surface area contributed by atoms with E-state index in [1.54, 1.807) is 11.3 Å². The standard InChI is InChI=1S/C14H21N3OS/c1-10-8-19-13-16-11(2)12(17(10)13)7-15-9-14(3)5-4-6-18-14/h8,15H,4-7,9H2,1-3H3. The minimum atomic E-state index is 0.0153. The number of nitrogens with one attached hydrogen (secondary N) is 1. The normalized spacial score (nSPS) is 23.5. The molecule has 0 aliphatic carbocycles. The van der Waals surface area contributed by atoms with Crippen molar-refractivity contribution in [3.8, 4) is 0 Å². The Labute approximate surface area is 117 Å². The van der Waals surface area contributed by atoms with Crippen LogP contribution < -0.4 is 5.32 Å².